The van der Waals surface area contributed by atoms with Gasteiger partial charge in [-0.15, -0.1) is 0 Å². The number of hydrogen-bond donors (Lipinski definition) is 1. The van der Waals surface area contributed by atoms with E-state index in [0.717, 1.165) is 12.8 Å². The summed E-state index contributed by atoms with van der Waals surface area (Å²) in [5, 5.41) is 2.63. The third-order valence-corrected chi connectivity index (χ3v) is 1.98. The minimum absolute atomic E-state index is 0.0811. The zero-order valence-corrected chi connectivity index (χ0v) is 7.93. The molecule has 0 fully saturated rings. The molecule has 1 amide bonds. The van der Waals surface area contributed by atoms with Gasteiger partial charge in [-0.1, -0.05) is 12.2 Å². The summed E-state index contributed by atoms with van der Waals surface area (Å²) < 4.78 is 13.0. The Morgan fingerprint density at radius 2 is 1.92 bits per heavy atom. The van der Waals surface area contributed by atoms with Crippen molar-refractivity contribution < 1.29 is 9.18 Å². The Morgan fingerprint density at radius 1 is 1.38 bits per heavy atom. The molecule has 0 unspecified atom stereocenters. The van der Waals surface area contributed by atoms with Crippen molar-refractivity contribution in [3.05, 3.63) is 23.6 Å². The van der Waals surface area contributed by atoms with E-state index in [1.54, 1.807) is 13.8 Å². The average Bonchev–Trinajstić information content (AvgIpc) is 2.55. The number of amides is 1. The topological polar surface area (TPSA) is 29.1 Å². The van der Waals surface area contributed by atoms with Crippen molar-refractivity contribution in [3.63, 3.8) is 0 Å². The van der Waals surface area contributed by atoms with Crippen LogP contribution in [0.4, 0.5) is 4.39 Å². The molecule has 0 aliphatic heterocycles. The number of carbonyl (C=O) groups excluding carboxylic acids is 1. The molecule has 0 bridgehead atoms. The molecule has 2 nitrogen and oxygen atoms in total. The maximum atomic E-state index is 13.0. The fourth-order valence-corrected chi connectivity index (χ4v) is 1.21. The van der Waals surface area contributed by atoms with Crippen molar-refractivity contribution in [1.82, 2.24) is 5.32 Å². The first-order valence-electron chi connectivity index (χ1n) is 4.40. The van der Waals surface area contributed by atoms with Gasteiger partial charge in [0.15, 0.2) is 5.83 Å². The number of rotatable bonds is 2. The summed E-state index contributed by atoms with van der Waals surface area (Å²) in [4.78, 5) is 11.2. The molecule has 0 aromatic heterocycles. The molecule has 1 aliphatic carbocycles. The molecule has 0 saturated carbocycles. The Kier molecular flexibility index (Phi) is 3.23. The van der Waals surface area contributed by atoms with Crippen molar-refractivity contribution >= 4 is 5.91 Å². The van der Waals surface area contributed by atoms with Crippen LogP contribution < -0.4 is 5.32 Å². The molecule has 0 aromatic carbocycles. The van der Waals surface area contributed by atoms with Crippen molar-refractivity contribution in [2.24, 2.45) is 0 Å². The zero-order valence-electron chi connectivity index (χ0n) is 7.93. The minimum Gasteiger partial charge on any atom is -0.347 e. The lowest BCUT2D eigenvalue weighted by Crippen LogP contribution is -2.33. The van der Waals surface area contributed by atoms with Crippen LogP contribution in [0.2, 0.25) is 0 Å². The molecular weight excluding hydrogens is 169 g/mol. The number of allylic oxidation sites excluding steroid dienone is 1. The Hall–Kier alpha value is -1.12. The van der Waals surface area contributed by atoms with Gasteiger partial charge in [-0.2, -0.15) is 0 Å². The van der Waals surface area contributed by atoms with Crippen LogP contribution in [0.1, 0.15) is 26.7 Å². The first-order chi connectivity index (χ1) is 6.11. The second-order valence-electron chi connectivity index (χ2n) is 3.43. The SMILES string of the molecule is CC(C)=C(F)C(=O)NC1CC=CC1. The molecular formula is C10H14FNO. The zero-order chi connectivity index (χ0) is 9.84. The Bertz CT molecular complexity index is 256. The molecule has 0 spiro atoms. The Labute approximate surface area is 77.5 Å². The first-order valence-corrected chi connectivity index (χ1v) is 4.40. The standard InChI is InChI=1S/C10H14FNO/c1-7(2)9(11)10(13)12-8-5-3-4-6-8/h3-4,8H,5-6H2,1-2H3,(H,12,13). The van der Waals surface area contributed by atoms with Gasteiger partial charge in [-0.3, -0.25) is 4.79 Å². The lowest BCUT2D eigenvalue weighted by molar-refractivity contribution is -0.119. The van der Waals surface area contributed by atoms with Crippen molar-refractivity contribution in [3.8, 4) is 0 Å². The van der Waals surface area contributed by atoms with E-state index < -0.39 is 11.7 Å². The third kappa shape index (κ3) is 2.68. The van der Waals surface area contributed by atoms with Crippen LogP contribution in [0.25, 0.3) is 0 Å². The predicted molar refractivity (Wildman–Crippen MR) is 49.8 cm³/mol. The molecule has 1 aliphatic rings. The number of halogens is 1. The van der Waals surface area contributed by atoms with Crippen LogP contribution in [0.3, 0.4) is 0 Å². The molecule has 0 atom stereocenters. The average molecular weight is 183 g/mol. The summed E-state index contributed by atoms with van der Waals surface area (Å²) in [6, 6.07) is 0.0811. The smallest absolute Gasteiger partial charge is 0.280 e. The molecule has 72 valence electrons. The van der Waals surface area contributed by atoms with E-state index >= 15 is 0 Å². The summed E-state index contributed by atoms with van der Waals surface area (Å²) in [5.41, 5.74) is 0.420. The van der Waals surface area contributed by atoms with Crippen LogP contribution in [-0.4, -0.2) is 11.9 Å². The quantitative estimate of drug-likeness (QED) is 0.515. The van der Waals surface area contributed by atoms with Crippen LogP contribution in [-0.2, 0) is 4.79 Å². The molecule has 0 saturated heterocycles. The van der Waals surface area contributed by atoms with Gasteiger partial charge in [0.2, 0.25) is 0 Å². The Balaban J connectivity index is 2.46. The minimum atomic E-state index is -0.660. The summed E-state index contributed by atoms with van der Waals surface area (Å²) >= 11 is 0. The largest absolute Gasteiger partial charge is 0.347 e. The van der Waals surface area contributed by atoms with Crippen molar-refractivity contribution in [2.75, 3.05) is 0 Å². The summed E-state index contributed by atoms with van der Waals surface area (Å²) in [6.45, 7) is 3.17. The second kappa shape index (κ2) is 4.21. The molecule has 1 rings (SSSR count). The van der Waals surface area contributed by atoms with E-state index in [9.17, 15) is 9.18 Å². The van der Waals surface area contributed by atoms with Crippen LogP contribution in [0.15, 0.2) is 23.6 Å². The van der Waals surface area contributed by atoms with Crippen molar-refractivity contribution in [1.29, 1.82) is 0 Å². The van der Waals surface area contributed by atoms with Crippen LogP contribution in [0, 0.1) is 0 Å². The highest BCUT2D eigenvalue weighted by Gasteiger charge is 2.16. The van der Waals surface area contributed by atoms with E-state index in [0.29, 0.717) is 5.57 Å². The highest BCUT2D eigenvalue weighted by Crippen LogP contribution is 2.11. The van der Waals surface area contributed by atoms with Gasteiger partial charge in [-0.25, -0.2) is 4.39 Å². The highest BCUT2D eigenvalue weighted by atomic mass is 19.1. The highest BCUT2D eigenvalue weighted by molar-refractivity contribution is 5.92. The van der Waals surface area contributed by atoms with Gasteiger partial charge in [0.25, 0.3) is 5.91 Å². The van der Waals surface area contributed by atoms with E-state index in [1.165, 1.54) is 0 Å². The maximum absolute atomic E-state index is 13.0. The fraction of sp³-hybridized carbons (Fsp3) is 0.500. The lowest BCUT2D eigenvalue weighted by Gasteiger charge is -2.10. The van der Waals surface area contributed by atoms with Gasteiger partial charge in [0.05, 0.1) is 0 Å². The van der Waals surface area contributed by atoms with E-state index in [4.69, 9.17) is 0 Å². The summed E-state index contributed by atoms with van der Waals surface area (Å²) in [6.07, 6.45) is 5.60. The van der Waals surface area contributed by atoms with Gasteiger partial charge >= 0.3 is 0 Å². The van der Waals surface area contributed by atoms with Gasteiger partial charge in [0, 0.05) is 6.04 Å². The molecule has 13 heavy (non-hydrogen) atoms. The van der Waals surface area contributed by atoms with E-state index in [-0.39, 0.29) is 6.04 Å². The Morgan fingerprint density at radius 3 is 2.38 bits per heavy atom. The van der Waals surface area contributed by atoms with Crippen LogP contribution >= 0.6 is 0 Å². The van der Waals surface area contributed by atoms with Gasteiger partial charge in [0.1, 0.15) is 0 Å². The molecule has 0 heterocycles. The number of hydrogen-bond acceptors (Lipinski definition) is 1. The van der Waals surface area contributed by atoms with Gasteiger partial charge < -0.3 is 5.32 Å². The van der Waals surface area contributed by atoms with Crippen LogP contribution in [0.5, 0.6) is 0 Å². The molecule has 0 aromatic rings. The monoisotopic (exact) mass is 183 g/mol. The van der Waals surface area contributed by atoms with Gasteiger partial charge in [-0.05, 0) is 32.3 Å². The summed E-state index contributed by atoms with van der Waals surface area (Å²) in [5.74, 6) is -1.25. The summed E-state index contributed by atoms with van der Waals surface area (Å²) in [7, 11) is 0. The number of nitrogens with one attached hydrogen (secondary N) is 1. The molecule has 1 N–H and O–H groups in total. The van der Waals surface area contributed by atoms with E-state index in [2.05, 4.69) is 5.32 Å². The fourth-order valence-electron chi connectivity index (χ4n) is 1.21. The van der Waals surface area contributed by atoms with Crippen molar-refractivity contribution in [2.45, 2.75) is 32.7 Å². The third-order valence-electron chi connectivity index (χ3n) is 1.98. The normalized spacial score (nSPS) is 15.9. The lowest BCUT2D eigenvalue weighted by atomic mass is 10.2. The maximum Gasteiger partial charge on any atom is 0.280 e. The second-order valence-corrected chi connectivity index (χ2v) is 3.43. The molecule has 0 radical (unpaired) electrons. The number of carbonyl (C=O) groups is 1. The van der Waals surface area contributed by atoms with E-state index in [1.807, 2.05) is 12.2 Å². The predicted octanol–water partition coefficient (Wildman–Crippen LogP) is 2.08. The first kappa shape index (κ1) is 9.96. The molecule has 3 heteroatoms.